The summed E-state index contributed by atoms with van der Waals surface area (Å²) in [5.41, 5.74) is 0. The molecule has 0 aliphatic heterocycles. The SMILES string of the molecule is OCCCCCCNCCCCCCO. The fraction of sp³-hybridized carbons (Fsp3) is 1.00. The first-order chi connectivity index (χ1) is 7.41. The lowest BCUT2D eigenvalue weighted by Gasteiger charge is -2.04. The lowest BCUT2D eigenvalue weighted by Crippen LogP contribution is -2.16. The molecule has 0 bridgehead atoms. The maximum absolute atomic E-state index is 8.58. The van der Waals surface area contributed by atoms with E-state index in [2.05, 4.69) is 5.32 Å². The molecule has 0 aliphatic carbocycles. The van der Waals surface area contributed by atoms with Crippen LogP contribution in [-0.4, -0.2) is 36.5 Å². The van der Waals surface area contributed by atoms with E-state index in [0.717, 1.165) is 38.8 Å². The van der Waals surface area contributed by atoms with Crippen LogP contribution in [0.15, 0.2) is 0 Å². The van der Waals surface area contributed by atoms with E-state index < -0.39 is 0 Å². The molecule has 92 valence electrons. The highest BCUT2D eigenvalue weighted by molar-refractivity contribution is 4.50. The Kier molecular flexibility index (Phi) is 13.8. The van der Waals surface area contributed by atoms with Gasteiger partial charge in [-0.25, -0.2) is 0 Å². The van der Waals surface area contributed by atoms with Crippen LogP contribution in [0, 0.1) is 0 Å². The zero-order chi connectivity index (χ0) is 11.2. The van der Waals surface area contributed by atoms with Crippen molar-refractivity contribution in [2.45, 2.75) is 51.4 Å². The fourth-order valence-corrected chi connectivity index (χ4v) is 1.56. The molecule has 0 rings (SSSR count). The minimum Gasteiger partial charge on any atom is -0.396 e. The van der Waals surface area contributed by atoms with Gasteiger partial charge in [0.05, 0.1) is 0 Å². The average Bonchev–Trinajstić information content (AvgIpc) is 2.26. The molecule has 0 aliphatic rings. The van der Waals surface area contributed by atoms with E-state index in [4.69, 9.17) is 10.2 Å². The first-order valence-corrected chi connectivity index (χ1v) is 6.34. The van der Waals surface area contributed by atoms with E-state index in [0.29, 0.717) is 13.2 Å². The number of hydrogen-bond acceptors (Lipinski definition) is 3. The molecule has 15 heavy (non-hydrogen) atoms. The summed E-state index contributed by atoms with van der Waals surface area (Å²) in [6.45, 7) is 2.87. The Morgan fingerprint density at radius 1 is 0.533 bits per heavy atom. The second kappa shape index (κ2) is 13.9. The smallest absolute Gasteiger partial charge is 0.0431 e. The van der Waals surface area contributed by atoms with Crippen LogP contribution in [-0.2, 0) is 0 Å². The third kappa shape index (κ3) is 13.9. The summed E-state index contributed by atoms with van der Waals surface area (Å²) in [5, 5.41) is 20.6. The zero-order valence-corrected chi connectivity index (χ0v) is 9.88. The van der Waals surface area contributed by atoms with Gasteiger partial charge < -0.3 is 15.5 Å². The Labute approximate surface area is 93.9 Å². The number of aliphatic hydroxyl groups is 2. The maximum atomic E-state index is 8.58. The average molecular weight is 217 g/mol. The number of rotatable bonds is 12. The van der Waals surface area contributed by atoms with E-state index >= 15 is 0 Å². The van der Waals surface area contributed by atoms with Crippen LogP contribution in [0.5, 0.6) is 0 Å². The van der Waals surface area contributed by atoms with Crippen LogP contribution in [0.25, 0.3) is 0 Å². The van der Waals surface area contributed by atoms with Crippen LogP contribution in [0.3, 0.4) is 0 Å². The molecule has 0 aromatic heterocycles. The lowest BCUT2D eigenvalue weighted by atomic mass is 10.2. The largest absolute Gasteiger partial charge is 0.396 e. The lowest BCUT2D eigenvalue weighted by molar-refractivity contribution is 0.282. The summed E-state index contributed by atoms with van der Waals surface area (Å²) in [7, 11) is 0. The zero-order valence-electron chi connectivity index (χ0n) is 9.88. The minimum atomic E-state index is 0.332. The van der Waals surface area contributed by atoms with Crippen LogP contribution < -0.4 is 5.32 Å². The van der Waals surface area contributed by atoms with Gasteiger partial charge in [0.25, 0.3) is 0 Å². The Hall–Kier alpha value is -0.120. The molecular weight excluding hydrogens is 190 g/mol. The van der Waals surface area contributed by atoms with Crippen LogP contribution in [0.2, 0.25) is 0 Å². The highest BCUT2D eigenvalue weighted by atomic mass is 16.3. The monoisotopic (exact) mass is 217 g/mol. The Morgan fingerprint density at radius 2 is 0.933 bits per heavy atom. The molecule has 0 atom stereocenters. The van der Waals surface area contributed by atoms with E-state index in [9.17, 15) is 0 Å². The number of hydrogen-bond donors (Lipinski definition) is 3. The Morgan fingerprint density at radius 3 is 1.33 bits per heavy atom. The summed E-state index contributed by atoms with van der Waals surface area (Å²) in [6, 6.07) is 0. The van der Waals surface area contributed by atoms with Gasteiger partial charge in [-0.3, -0.25) is 0 Å². The highest BCUT2D eigenvalue weighted by Gasteiger charge is 1.91. The molecule has 0 aromatic carbocycles. The van der Waals surface area contributed by atoms with Gasteiger partial charge in [0.15, 0.2) is 0 Å². The molecule has 3 nitrogen and oxygen atoms in total. The van der Waals surface area contributed by atoms with Gasteiger partial charge in [0.1, 0.15) is 0 Å². The molecular formula is C12H27NO2. The molecule has 0 saturated carbocycles. The molecule has 0 radical (unpaired) electrons. The molecule has 0 heterocycles. The predicted octanol–water partition coefficient (Wildman–Crippen LogP) is 1.68. The normalized spacial score (nSPS) is 10.8. The Bertz CT molecular complexity index is 97.8. The summed E-state index contributed by atoms with van der Waals surface area (Å²) < 4.78 is 0. The van der Waals surface area contributed by atoms with E-state index in [1.807, 2.05) is 0 Å². The third-order valence-corrected chi connectivity index (χ3v) is 2.52. The molecule has 0 aromatic rings. The van der Waals surface area contributed by atoms with Crippen LogP contribution in [0.1, 0.15) is 51.4 Å². The van der Waals surface area contributed by atoms with E-state index in [1.165, 1.54) is 25.7 Å². The molecule has 0 fully saturated rings. The second-order valence-electron chi connectivity index (χ2n) is 4.03. The van der Waals surface area contributed by atoms with Crippen molar-refractivity contribution in [3.8, 4) is 0 Å². The van der Waals surface area contributed by atoms with Gasteiger partial charge in [0, 0.05) is 13.2 Å². The predicted molar refractivity (Wildman–Crippen MR) is 64.0 cm³/mol. The van der Waals surface area contributed by atoms with Crippen molar-refractivity contribution in [2.75, 3.05) is 26.3 Å². The number of unbranched alkanes of at least 4 members (excludes halogenated alkanes) is 6. The molecule has 0 amide bonds. The Balaban J connectivity index is 2.81. The summed E-state index contributed by atoms with van der Waals surface area (Å²) in [6.07, 6.45) is 9.06. The molecule has 3 N–H and O–H groups in total. The number of nitrogens with one attached hydrogen (secondary N) is 1. The van der Waals surface area contributed by atoms with Gasteiger partial charge >= 0.3 is 0 Å². The molecule has 0 saturated heterocycles. The quantitative estimate of drug-likeness (QED) is 0.436. The topological polar surface area (TPSA) is 52.5 Å². The second-order valence-corrected chi connectivity index (χ2v) is 4.03. The first kappa shape index (κ1) is 14.9. The third-order valence-electron chi connectivity index (χ3n) is 2.52. The van der Waals surface area contributed by atoms with Gasteiger partial charge in [0.2, 0.25) is 0 Å². The van der Waals surface area contributed by atoms with Crippen molar-refractivity contribution >= 4 is 0 Å². The molecule has 0 spiro atoms. The van der Waals surface area contributed by atoms with Crippen molar-refractivity contribution in [3.05, 3.63) is 0 Å². The van der Waals surface area contributed by atoms with Crippen LogP contribution >= 0.6 is 0 Å². The molecule has 3 heteroatoms. The summed E-state index contributed by atoms with van der Waals surface area (Å²) in [4.78, 5) is 0. The van der Waals surface area contributed by atoms with Gasteiger partial charge in [-0.05, 0) is 38.8 Å². The van der Waals surface area contributed by atoms with Crippen molar-refractivity contribution in [1.29, 1.82) is 0 Å². The van der Waals surface area contributed by atoms with Crippen molar-refractivity contribution in [2.24, 2.45) is 0 Å². The van der Waals surface area contributed by atoms with E-state index in [1.54, 1.807) is 0 Å². The van der Waals surface area contributed by atoms with Crippen molar-refractivity contribution in [3.63, 3.8) is 0 Å². The fourth-order valence-electron chi connectivity index (χ4n) is 1.56. The minimum absolute atomic E-state index is 0.332. The molecule has 0 unspecified atom stereocenters. The van der Waals surface area contributed by atoms with E-state index in [-0.39, 0.29) is 0 Å². The maximum Gasteiger partial charge on any atom is 0.0431 e. The van der Waals surface area contributed by atoms with Crippen LogP contribution in [0.4, 0.5) is 0 Å². The standard InChI is InChI=1S/C12H27NO2/c14-11-7-3-1-5-9-13-10-6-2-4-8-12-15/h13-15H,1-12H2. The van der Waals surface area contributed by atoms with Gasteiger partial charge in [-0.2, -0.15) is 0 Å². The summed E-state index contributed by atoms with van der Waals surface area (Å²) in [5.74, 6) is 0. The number of aliphatic hydroxyl groups excluding tert-OH is 2. The highest BCUT2D eigenvalue weighted by Crippen LogP contribution is 1.99. The van der Waals surface area contributed by atoms with Crippen molar-refractivity contribution < 1.29 is 10.2 Å². The van der Waals surface area contributed by atoms with Gasteiger partial charge in [-0.1, -0.05) is 25.7 Å². The first-order valence-electron chi connectivity index (χ1n) is 6.34. The summed E-state index contributed by atoms with van der Waals surface area (Å²) >= 11 is 0. The van der Waals surface area contributed by atoms with Crippen molar-refractivity contribution in [1.82, 2.24) is 5.32 Å². The van der Waals surface area contributed by atoms with Gasteiger partial charge in [-0.15, -0.1) is 0 Å².